The molecular formula is C13H15N5O. The second kappa shape index (κ2) is 5.34. The minimum absolute atomic E-state index is 0.264. The molecule has 0 aromatic carbocycles. The van der Waals surface area contributed by atoms with Gasteiger partial charge < -0.3 is 16.8 Å². The standard InChI is InChI=1S/C13H15N5O/c1-8-2-3-16-5-9(8)6-17-12-4-10(13(15)19)11(14)7-18-12/h2-5,7H,6,14H2,1H3,(H2,15,19)(H,17,18). The third kappa shape index (κ3) is 2.98. The van der Waals surface area contributed by atoms with Gasteiger partial charge in [-0.15, -0.1) is 0 Å². The van der Waals surface area contributed by atoms with Crippen molar-refractivity contribution in [2.75, 3.05) is 11.1 Å². The van der Waals surface area contributed by atoms with Crippen molar-refractivity contribution in [3.8, 4) is 0 Å². The number of pyridine rings is 2. The molecule has 5 N–H and O–H groups in total. The van der Waals surface area contributed by atoms with Crippen LogP contribution in [0.25, 0.3) is 0 Å². The van der Waals surface area contributed by atoms with Crippen molar-refractivity contribution in [2.24, 2.45) is 5.73 Å². The summed E-state index contributed by atoms with van der Waals surface area (Å²) in [6.45, 7) is 2.57. The van der Waals surface area contributed by atoms with E-state index in [9.17, 15) is 4.79 Å². The number of primary amides is 1. The average Bonchev–Trinajstić information content (AvgIpc) is 2.39. The third-order valence-electron chi connectivity index (χ3n) is 2.81. The lowest BCUT2D eigenvalue weighted by atomic mass is 10.1. The van der Waals surface area contributed by atoms with Crippen LogP contribution in [0, 0.1) is 6.92 Å². The van der Waals surface area contributed by atoms with E-state index in [4.69, 9.17) is 11.5 Å². The highest BCUT2D eigenvalue weighted by Gasteiger charge is 2.08. The molecule has 0 aliphatic rings. The van der Waals surface area contributed by atoms with Crippen molar-refractivity contribution in [2.45, 2.75) is 13.5 Å². The van der Waals surface area contributed by atoms with Crippen LogP contribution in [-0.4, -0.2) is 15.9 Å². The van der Waals surface area contributed by atoms with Crippen molar-refractivity contribution >= 4 is 17.4 Å². The number of hydrogen-bond donors (Lipinski definition) is 3. The van der Waals surface area contributed by atoms with E-state index in [-0.39, 0.29) is 11.3 Å². The van der Waals surface area contributed by atoms with Crippen molar-refractivity contribution in [3.05, 3.63) is 47.4 Å². The van der Waals surface area contributed by atoms with Crippen molar-refractivity contribution in [3.63, 3.8) is 0 Å². The summed E-state index contributed by atoms with van der Waals surface area (Å²) in [5, 5.41) is 3.11. The van der Waals surface area contributed by atoms with Crippen LogP contribution in [0.5, 0.6) is 0 Å². The van der Waals surface area contributed by atoms with Gasteiger partial charge in [-0.2, -0.15) is 0 Å². The number of nitrogens with zero attached hydrogens (tertiary/aromatic N) is 2. The van der Waals surface area contributed by atoms with E-state index in [1.807, 2.05) is 13.0 Å². The van der Waals surface area contributed by atoms with E-state index in [2.05, 4.69) is 15.3 Å². The molecule has 2 aromatic heterocycles. The van der Waals surface area contributed by atoms with E-state index >= 15 is 0 Å². The molecule has 1 amide bonds. The molecule has 2 aromatic rings. The summed E-state index contributed by atoms with van der Waals surface area (Å²) < 4.78 is 0. The lowest BCUT2D eigenvalue weighted by molar-refractivity contribution is 0.100. The Balaban J connectivity index is 2.14. The van der Waals surface area contributed by atoms with Crippen LogP contribution in [-0.2, 0) is 6.54 Å². The number of hydrogen-bond acceptors (Lipinski definition) is 5. The second-order valence-corrected chi connectivity index (χ2v) is 4.18. The van der Waals surface area contributed by atoms with Gasteiger partial charge in [0.2, 0.25) is 0 Å². The highest BCUT2D eigenvalue weighted by molar-refractivity contribution is 5.98. The summed E-state index contributed by atoms with van der Waals surface area (Å²) in [4.78, 5) is 19.3. The molecule has 98 valence electrons. The molecule has 19 heavy (non-hydrogen) atoms. The van der Waals surface area contributed by atoms with Crippen LogP contribution in [0.3, 0.4) is 0 Å². The molecular weight excluding hydrogens is 242 g/mol. The molecule has 0 atom stereocenters. The van der Waals surface area contributed by atoms with Crippen LogP contribution < -0.4 is 16.8 Å². The van der Waals surface area contributed by atoms with Gasteiger partial charge in [-0.25, -0.2) is 4.98 Å². The van der Waals surface area contributed by atoms with E-state index in [1.54, 1.807) is 18.5 Å². The Kier molecular flexibility index (Phi) is 3.61. The minimum atomic E-state index is -0.569. The Labute approximate surface area is 110 Å². The first-order valence-electron chi connectivity index (χ1n) is 5.76. The Morgan fingerprint density at radius 1 is 1.42 bits per heavy atom. The highest BCUT2D eigenvalue weighted by Crippen LogP contribution is 2.15. The Morgan fingerprint density at radius 3 is 2.89 bits per heavy atom. The molecule has 6 heteroatoms. The van der Waals surface area contributed by atoms with E-state index in [0.717, 1.165) is 11.1 Å². The maximum atomic E-state index is 11.2. The van der Waals surface area contributed by atoms with Gasteiger partial charge in [0.25, 0.3) is 5.91 Å². The molecule has 0 radical (unpaired) electrons. The number of nitrogens with one attached hydrogen (secondary N) is 1. The molecule has 0 aliphatic carbocycles. The molecule has 0 bridgehead atoms. The zero-order chi connectivity index (χ0) is 13.8. The van der Waals surface area contributed by atoms with Crippen LogP contribution in [0.15, 0.2) is 30.7 Å². The number of nitrogen functional groups attached to an aromatic ring is 1. The Hall–Kier alpha value is -2.63. The molecule has 2 heterocycles. The quantitative estimate of drug-likeness (QED) is 0.759. The van der Waals surface area contributed by atoms with Gasteiger partial charge in [-0.3, -0.25) is 9.78 Å². The number of aromatic nitrogens is 2. The predicted octanol–water partition coefficient (Wildman–Crippen LogP) is 1.08. The number of carbonyl (C=O) groups is 1. The Bertz CT molecular complexity index is 612. The van der Waals surface area contributed by atoms with Gasteiger partial charge in [0.05, 0.1) is 17.4 Å². The Morgan fingerprint density at radius 2 is 2.21 bits per heavy atom. The summed E-state index contributed by atoms with van der Waals surface area (Å²) in [5.74, 6) is -0.0215. The van der Waals surface area contributed by atoms with Crippen LogP contribution in [0.4, 0.5) is 11.5 Å². The number of carbonyl (C=O) groups excluding carboxylic acids is 1. The van der Waals surface area contributed by atoms with Crippen LogP contribution >= 0.6 is 0 Å². The average molecular weight is 257 g/mol. The van der Waals surface area contributed by atoms with E-state index in [1.165, 1.54) is 6.20 Å². The maximum absolute atomic E-state index is 11.2. The number of anilines is 2. The first-order chi connectivity index (χ1) is 9.08. The summed E-state index contributed by atoms with van der Waals surface area (Å²) in [6.07, 6.45) is 4.94. The molecule has 0 fully saturated rings. The van der Waals surface area contributed by atoms with Crippen molar-refractivity contribution < 1.29 is 4.79 Å². The number of amides is 1. The van der Waals surface area contributed by atoms with E-state index in [0.29, 0.717) is 12.4 Å². The van der Waals surface area contributed by atoms with Gasteiger partial charge in [0.15, 0.2) is 0 Å². The number of aryl methyl sites for hydroxylation is 1. The van der Waals surface area contributed by atoms with Crippen molar-refractivity contribution in [1.29, 1.82) is 0 Å². The predicted molar refractivity (Wildman–Crippen MR) is 73.5 cm³/mol. The smallest absolute Gasteiger partial charge is 0.250 e. The van der Waals surface area contributed by atoms with Gasteiger partial charge in [0.1, 0.15) is 5.82 Å². The SMILES string of the molecule is Cc1ccncc1CNc1cc(C(N)=O)c(N)cn1. The summed E-state index contributed by atoms with van der Waals surface area (Å²) >= 11 is 0. The molecule has 6 nitrogen and oxygen atoms in total. The topological polar surface area (TPSA) is 107 Å². The fourth-order valence-corrected chi connectivity index (χ4v) is 1.64. The maximum Gasteiger partial charge on any atom is 0.250 e. The fraction of sp³-hybridized carbons (Fsp3) is 0.154. The first-order valence-corrected chi connectivity index (χ1v) is 5.76. The second-order valence-electron chi connectivity index (χ2n) is 4.18. The zero-order valence-corrected chi connectivity index (χ0v) is 10.6. The highest BCUT2D eigenvalue weighted by atomic mass is 16.1. The monoisotopic (exact) mass is 257 g/mol. The molecule has 0 spiro atoms. The molecule has 0 unspecified atom stereocenters. The number of rotatable bonds is 4. The van der Waals surface area contributed by atoms with Crippen LogP contribution in [0.1, 0.15) is 21.5 Å². The lowest BCUT2D eigenvalue weighted by Crippen LogP contribution is -2.14. The third-order valence-corrected chi connectivity index (χ3v) is 2.81. The summed E-state index contributed by atoms with van der Waals surface area (Å²) in [5.41, 5.74) is 13.6. The fourth-order valence-electron chi connectivity index (χ4n) is 1.64. The lowest BCUT2D eigenvalue weighted by Gasteiger charge is -2.09. The van der Waals surface area contributed by atoms with Crippen LogP contribution in [0.2, 0.25) is 0 Å². The van der Waals surface area contributed by atoms with Gasteiger partial charge in [-0.05, 0) is 30.2 Å². The van der Waals surface area contributed by atoms with Gasteiger partial charge >= 0.3 is 0 Å². The molecule has 0 aliphatic heterocycles. The number of nitrogens with two attached hydrogens (primary N) is 2. The normalized spacial score (nSPS) is 10.2. The summed E-state index contributed by atoms with van der Waals surface area (Å²) in [6, 6.07) is 3.48. The first kappa shape index (κ1) is 12.8. The van der Waals surface area contributed by atoms with E-state index < -0.39 is 5.91 Å². The molecule has 0 saturated carbocycles. The van der Waals surface area contributed by atoms with Crippen molar-refractivity contribution in [1.82, 2.24) is 9.97 Å². The minimum Gasteiger partial charge on any atom is -0.397 e. The van der Waals surface area contributed by atoms with Gasteiger partial charge in [-0.1, -0.05) is 0 Å². The summed E-state index contributed by atoms with van der Waals surface area (Å²) in [7, 11) is 0. The molecule has 0 saturated heterocycles. The van der Waals surface area contributed by atoms with Gasteiger partial charge in [0, 0.05) is 18.9 Å². The largest absolute Gasteiger partial charge is 0.397 e. The molecule has 2 rings (SSSR count). The zero-order valence-electron chi connectivity index (χ0n) is 10.6.